The molecule has 0 spiro atoms. The molecular weight excluding hydrogens is 447 g/mol. The average molecular weight is 471 g/mol. The van der Waals surface area contributed by atoms with Crippen LogP contribution in [0, 0.1) is 5.82 Å². The standard InChI is InChI=1S/C24H23FN2O5S/c1-14(2)22-21(24(28)31-3)20(15-9-11-16(25)12-10-15)17-13-32-19-8-6-5-7-18(19)27(23(17)26-22)33(4,29)30/h5-12,14H,13H2,1-4H3. The molecule has 2 aromatic carbocycles. The van der Waals surface area contributed by atoms with Gasteiger partial charge in [-0.1, -0.05) is 38.1 Å². The number of nitrogens with zero attached hydrogens (tertiary/aromatic N) is 2. The van der Waals surface area contributed by atoms with Gasteiger partial charge >= 0.3 is 5.97 Å². The molecule has 0 aliphatic carbocycles. The molecule has 0 unspecified atom stereocenters. The van der Waals surface area contributed by atoms with Crippen molar-refractivity contribution in [2.75, 3.05) is 17.7 Å². The number of rotatable bonds is 4. The zero-order valence-corrected chi connectivity index (χ0v) is 19.4. The highest BCUT2D eigenvalue weighted by Crippen LogP contribution is 2.45. The number of esters is 1. The molecule has 0 atom stereocenters. The number of hydrogen-bond donors (Lipinski definition) is 0. The first-order valence-electron chi connectivity index (χ1n) is 10.3. The summed E-state index contributed by atoms with van der Waals surface area (Å²) >= 11 is 0. The number of methoxy groups -OCH3 is 1. The first-order valence-corrected chi connectivity index (χ1v) is 12.1. The first-order chi connectivity index (χ1) is 15.6. The second-order valence-corrected chi connectivity index (χ2v) is 9.82. The van der Waals surface area contributed by atoms with Crippen LogP contribution in [0.4, 0.5) is 15.9 Å². The zero-order valence-electron chi connectivity index (χ0n) is 18.6. The zero-order chi connectivity index (χ0) is 23.9. The lowest BCUT2D eigenvalue weighted by Crippen LogP contribution is -2.27. The number of pyridine rings is 1. The molecule has 0 amide bonds. The van der Waals surface area contributed by atoms with Crippen molar-refractivity contribution in [3.8, 4) is 16.9 Å². The van der Waals surface area contributed by atoms with Gasteiger partial charge < -0.3 is 9.47 Å². The molecule has 9 heteroatoms. The highest BCUT2D eigenvalue weighted by molar-refractivity contribution is 7.92. The fraction of sp³-hybridized carbons (Fsp3) is 0.250. The number of aromatic nitrogens is 1. The molecular formula is C24H23FN2O5S. The molecule has 33 heavy (non-hydrogen) atoms. The van der Waals surface area contributed by atoms with E-state index in [2.05, 4.69) is 4.98 Å². The van der Waals surface area contributed by atoms with Crippen LogP contribution in [0.1, 0.15) is 41.4 Å². The fourth-order valence-corrected chi connectivity index (χ4v) is 4.91. The molecule has 1 aliphatic heterocycles. The van der Waals surface area contributed by atoms with Crippen molar-refractivity contribution in [2.45, 2.75) is 26.4 Å². The van der Waals surface area contributed by atoms with Gasteiger partial charge in [0.05, 0.1) is 24.6 Å². The Balaban J connectivity index is 2.17. The molecule has 0 radical (unpaired) electrons. The van der Waals surface area contributed by atoms with Crippen molar-refractivity contribution >= 4 is 27.5 Å². The molecule has 1 aromatic heterocycles. The molecule has 0 saturated heterocycles. The second kappa shape index (κ2) is 8.47. The van der Waals surface area contributed by atoms with Gasteiger partial charge in [-0.3, -0.25) is 0 Å². The van der Waals surface area contributed by atoms with E-state index in [1.165, 1.54) is 31.4 Å². The van der Waals surface area contributed by atoms with Crippen molar-refractivity contribution in [1.82, 2.24) is 4.98 Å². The highest BCUT2D eigenvalue weighted by Gasteiger charge is 2.35. The van der Waals surface area contributed by atoms with Gasteiger partial charge in [0.25, 0.3) is 0 Å². The smallest absolute Gasteiger partial charge is 0.340 e. The van der Waals surface area contributed by atoms with E-state index in [0.29, 0.717) is 33.8 Å². The maximum atomic E-state index is 13.7. The maximum absolute atomic E-state index is 13.7. The molecule has 172 valence electrons. The van der Waals surface area contributed by atoms with Crippen LogP contribution in [0.5, 0.6) is 5.75 Å². The number of para-hydroxylation sites is 2. The van der Waals surface area contributed by atoms with E-state index >= 15 is 0 Å². The summed E-state index contributed by atoms with van der Waals surface area (Å²) in [6.07, 6.45) is 1.08. The van der Waals surface area contributed by atoms with Gasteiger partial charge in [0, 0.05) is 11.1 Å². The molecule has 0 bridgehead atoms. The van der Waals surface area contributed by atoms with Crippen LogP contribution in [0.3, 0.4) is 0 Å². The van der Waals surface area contributed by atoms with Crippen LogP contribution >= 0.6 is 0 Å². The Morgan fingerprint density at radius 1 is 1.15 bits per heavy atom. The number of carbonyl (C=O) groups is 1. The van der Waals surface area contributed by atoms with Gasteiger partial charge in [0.2, 0.25) is 10.0 Å². The molecule has 1 aliphatic rings. The number of carbonyl (C=O) groups excluding carboxylic acids is 1. The molecule has 0 N–H and O–H groups in total. The minimum Gasteiger partial charge on any atom is -0.487 e. The third-order valence-corrected chi connectivity index (χ3v) is 6.39. The number of halogens is 1. The number of benzene rings is 2. The Hall–Kier alpha value is -3.46. The quantitative estimate of drug-likeness (QED) is 0.510. The third-order valence-electron chi connectivity index (χ3n) is 5.35. The first kappa shape index (κ1) is 22.7. The van der Waals surface area contributed by atoms with E-state index in [9.17, 15) is 17.6 Å². The number of sulfonamides is 1. The topological polar surface area (TPSA) is 85.8 Å². The summed E-state index contributed by atoms with van der Waals surface area (Å²) in [4.78, 5) is 17.6. The Morgan fingerprint density at radius 3 is 2.42 bits per heavy atom. The van der Waals surface area contributed by atoms with Gasteiger partial charge in [0.1, 0.15) is 23.9 Å². The third kappa shape index (κ3) is 4.04. The number of anilines is 2. The Bertz CT molecular complexity index is 1340. The molecule has 3 aromatic rings. The molecule has 2 heterocycles. The van der Waals surface area contributed by atoms with Gasteiger partial charge in [-0.15, -0.1) is 0 Å². The van der Waals surface area contributed by atoms with Crippen LogP contribution in [-0.2, 0) is 21.4 Å². The summed E-state index contributed by atoms with van der Waals surface area (Å²) in [6, 6.07) is 12.4. The van der Waals surface area contributed by atoms with Crippen LogP contribution in [0.2, 0.25) is 0 Å². The van der Waals surface area contributed by atoms with Crippen molar-refractivity contribution in [3.63, 3.8) is 0 Å². The second-order valence-electron chi connectivity index (χ2n) is 7.99. The molecule has 4 rings (SSSR count). The van der Waals surface area contributed by atoms with Crippen molar-refractivity contribution in [3.05, 3.63) is 71.2 Å². The van der Waals surface area contributed by atoms with Crippen LogP contribution in [0.25, 0.3) is 11.1 Å². The summed E-state index contributed by atoms with van der Waals surface area (Å²) in [7, 11) is -2.58. The predicted octanol–water partition coefficient (Wildman–Crippen LogP) is 4.79. The van der Waals surface area contributed by atoms with E-state index < -0.39 is 21.8 Å². The number of hydrogen-bond acceptors (Lipinski definition) is 6. The number of ether oxygens (including phenoxy) is 2. The Labute approximate surface area is 191 Å². The average Bonchev–Trinajstić information content (AvgIpc) is 2.94. The predicted molar refractivity (Wildman–Crippen MR) is 123 cm³/mol. The summed E-state index contributed by atoms with van der Waals surface area (Å²) < 4.78 is 51.9. The largest absolute Gasteiger partial charge is 0.487 e. The summed E-state index contributed by atoms with van der Waals surface area (Å²) in [5.41, 5.74) is 2.18. The summed E-state index contributed by atoms with van der Waals surface area (Å²) in [5, 5.41) is 0. The normalized spacial score (nSPS) is 13.1. The van der Waals surface area contributed by atoms with Gasteiger partial charge in [-0.25, -0.2) is 26.9 Å². The lowest BCUT2D eigenvalue weighted by molar-refractivity contribution is 0.0599. The minimum absolute atomic E-state index is 0.0551. The van der Waals surface area contributed by atoms with E-state index in [4.69, 9.17) is 9.47 Å². The minimum atomic E-state index is -3.85. The number of fused-ring (bicyclic) bond motifs is 2. The van der Waals surface area contributed by atoms with Crippen molar-refractivity contribution < 1.29 is 27.1 Å². The fourth-order valence-electron chi connectivity index (χ4n) is 3.94. The van der Waals surface area contributed by atoms with E-state index in [1.54, 1.807) is 24.3 Å². The SMILES string of the molecule is COC(=O)c1c(C(C)C)nc2c(c1-c1ccc(F)cc1)COc1ccccc1N2S(C)(=O)=O. The van der Waals surface area contributed by atoms with Crippen LogP contribution < -0.4 is 9.04 Å². The molecule has 0 saturated carbocycles. The van der Waals surface area contributed by atoms with Gasteiger partial charge in [-0.05, 0) is 35.7 Å². The molecule has 0 fully saturated rings. The van der Waals surface area contributed by atoms with Crippen LogP contribution in [-0.4, -0.2) is 32.7 Å². The summed E-state index contributed by atoms with van der Waals surface area (Å²) in [6.45, 7) is 3.64. The van der Waals surface area contributed by atoms with Gasteiger partial charge in [0.15, 0.2) is 5.82 Å². The van der Waals surface area contributed by atoms with Crippen molar-refractivity contribution in [1.29, 1.82) is 0 Å². The maximum Gasteiger partial charge on any atom is 0.340 e. The van der Waals surface area contributed by atoms with Crippen LogP contribution in [0.15, 0.2) is 48.5 Å². The highest BCUT2D eigenvalue weighted by atomic mass is 32.2. The lowest BCUT2D eigenvalue weighted by atomic mass is 9.90. The van der Waals surface area contributed by atoms with E-state index in [1.807, 2.05) is 13.8 Å². The lowest BCUT2D eigenvalue weighted by Gasteiger charge is -2.26. The monoisotopic (exact) mass is 470 g/mol. The summed E-state index contributed by atoms with van der Waals surface area (Å²) in [5.74, 6) is -0.816. The van der Waals surface area contributed by atoms with Crippen molar-refractivity contribution in [2.24, 2.45) is 0 Å². The Morgan fingerprint density at radius 2 is 1.82 bits per heavy atom. The molecule has 7 nitrogen and oxygen atoms in total. The van der Waals surface area contributed by atoms with E-state index in [-0.39, 0.29) is 23.9 Å². The van der Waals surface area contributed by atoms with Gasteiger partial charge in [-0.2, -0.15) is 0 Å². The Kier molecular flexibility index (Phi) is 5.84. The van der Waals surface area contributed by atoms with E-state index in [0.717, 1.165) is 10.6 Å².